The lowest BCUT2D eigenvalue weighted by atomic mass is 9.97. The van der Waals surface area contributed by atoms with Crippen molar-refractivity contribution in [1.82, 2.24) is 5.32 Å². The quantitative estimate of drug-likeness (QED) is 0.634. The van der Waals surface area contributed by atoms with E-state index < -0.39 is 23.5 Å². The molecule has 1 amide bonds. The van der Waals surface area contributed by atoms with Gasteiger partial charge in [-0.25, -0.2) is 0 Å². The molecule has 86 valence electrons. The van der Waals surface area contributed by atoms with Gasteiger partial charge in [0.25, 0.3) is 0 Å². The number of rotatable bonds is 2. The largest absolute Gasteiger partial charge is 0.445 e. The highest BCUT2D eigenvalue weighted by molar-refractivity contribution is 5.79. The smallest absolute Gasteiger partial charge is 0.312 e. The Morgan fingerprint density at radius 1 is 1.40 bits per heavy atom. The van der Waals surface area contributed by atoms with Gasteiger partial charge >= 0.3 is 5.97 Å². The summed E-state index contributed by atoms with van der Waals surface area (Å²) in [5, 5.41) is 2.95. The van der Waals surface area contributed by atoms with Crippen LogP contribution in [-0.4, -0.2) is 24.6 Å². The first-order valence-corrected chi connectivity index (χ1v) is 5.06. The van der Waals surface area contributed by atoms with Crippen molar-refractivity contribution in [2.45, 2.75) is 33.4 Å². The van der Waals surface area contributed by atoms with Gasteiger partial charge in [0.1, 0.15) is 0 Å². The number of carbonyl (C=O) groups excluding carboxylic acids is 2. The summed E-state index contributed by atoms with van der Waals surface area (Å²) in [7, 11) is 0. The number of nitrogens with one attached hydrogen (secondary N) is 1. The van der Waals surface area contributed by atoms with E-state index in [0.717, 1.165) is 0 Å². The zero-order valence-corrected chi connectivity index (χ0v) is 9.37. The Morgan fingerprint density at radius 2 is 2.00 bits per heavy atom. The summed E-state index contributed by atoms with van der Waals surface area (Å²) in [5.41, 5.74) is 4.64. The molecule has 0 aliphatic carbocycles. The molecule has 1 unspecified atom stereocenters. The third-order valence-electron chi connectivity index (χ3n) is 2.38. The van der Waals surface area contributed by atoms with E-state index in [2.05, 4.69) is 5.32 Å². The minimum Gasteiger partial charge on any atom is -0.445 e. The van der Waals surface area contributed by atoms with E-state index in [-0.39, 0.29) is 5.97 Å². The van der Waals surface area contributed by atoms with Crippen LogP contribution in [0.4, 0.5) is 0 Å². The van der Waals surface area contributed by atoms with Crippen LogP contribution in [0.15, 0.2) is 0 Å². The third-order valence-corrected chi connectivity index (χ3v) is 2.38. The Morgan fingerprint density at radius 3 is 2.47 bits per heavy atom. The van der Waals surface area contributed by atoms with Crippen LogP contribution in [0.5, 0.6) is 0 Å². The van der Waals surface area contributed by atoms with Crippen molar-refractivity contribution in [3.63, 3.8) is 0 Å². The highest BCUT2D eigenvalue weighted by Gasteiger charge is 2.36. The molecule has 1 aliphatic heterocycles. The standard InChI is InChI=1S/C10H18N2O3/c1-10(2,3)9(14)15-8-6(7(11)13)4-5-12-8/h6,8,12H,4-5H2,1-3H3,(H2,11,13)/t6-,8?/m1/s1. The first kappa shape index (κ1) is 12.0. The van der Waals surface area contributed by atoms with Crippen LogP contribution < -0.4 is 11.1 Å². The lowest BCUT2D eigenvalue weighted by Gasteiger charge is -2.23. The van der Waals surface area contributed by atoms with Gasteiger partial charge in [-0.15, -0.1) is 0 Å². The average molecular weight is 214 g/mol. The first-order valence-electron chi connectivity index (χ1n) is 5.06. The highest BCUT2D eigenvalue weighted by atomic mass is 16.6. The van der Waals surface area contributed by atoms with E-state index >= 15 is 0 Å². The molecule has 0 radical (unpaired) electrons. The molecule has 5 heteroatoms. The summed E-state index contributed by atoms with van der Waals surface area (Å²) in [6.45, 7) is 5.95. The van der Waals surface area contributed by atoms with E-state index in [4.69, 9.17) is 10.5 Å². The predicted molar refractivity (Wildman–Crippen MR) is 54.6 cm³/mol. The van der Waals surface area contributed by atoms with Crippen molar-refractivity contribution in [2.75, 3.05) is 6.54 Å². The molecule has 1 aliphatic rings. The van der Waals surface area contributed by atoms with Gasteiger partial charge in [-0.3, -0.25) is 14.9 Å². The Bertz CT molecular complexity index is 270. The van der Waals surface area contributed by atoms with Gasteiger partial charge in [-0.05, 0) is 33.7 Å². The van der Waals surface area contributed by atoms with Crippen LogP contribution in [0.3, 0.4) is 0 Å². The second-order valence-corrected chi connectivity index (χ2v) is 4.83. The fourth-order valence-corrected chi connectivity index (χ4v) is 1.38. The monoisotopic (exact) mass is 214 g/mol. The van der Waals surface area contributed by atoms with Crippen LogP contribution in [0, 0.1) is 11.3 Å². The normalized spacial score (nSPS) is 26.3. The molecule has 1 fully saturated rings. The predicted octanol–water partition coefficient (Wildman–Crippen LogP) is -0.00340. The van der Waals surface area contributed by atoms with Gasteiger partial charge in [-0.2, -0.15) is 0 Å². The lowest BCUT2D eigenvalue weighted by Crippen LogP contribution is -2.41. The molecular formula is C10H18N2O3. The van der Waals surface area contributed by atoms with Gasteiger partial charge < -0.3 is 10.5 Å². The van der Waals surface area contributed by atoms with Crippen LogP contribution in [0.1, 0.15) is 27.2 Å². The molecule has 0 spiro atoms. The molecule has 0 saturated carbocycles. The van der Waals surface area contributed by atoms with E-state index in [1.54, 1.807) is 20.8 Å². The molecule has 15 heavy (non-hydrogen) atoms. The summed E-state index contributed by atoms with van der Waals surface area (Å²) in [5.74, 6) is -1.16. The number of esters is 1. The molecular weight excluding hydrogens is 196 g/mol. The Balaban J connectivity index is 2.58. The van der Waals surface area contributed by atoms with Gasteiger partial charge in [0.2, 0.25) is 5.91 Å². The van der Waals surface area contributed by atoms with Crippen molar-refractivity contribution in [1.29, 1.82) is 0 Å². The number of amides is 1. The minimum atomic E-state index is -0.563. The fourth-order valence-electron chi connectivity index (χ4n) is 1.38. The Labute approximate surface area is 89.3 Å². The molecule has 3 N–H and O–H groups in total. The number of nitrogens with two attached hydrogens (primary N) is 1. The fraction of sp³-hybridized carbons (Fsp3) is 0.800. The summed E-state index contributed by atoms with van der Waals surface area (Å²) >= 11 is 0. The van der Waals surface area contributed by atoms with Crippen molar-refractivity contribution in [3.8, 4) is 0 Å². The molecule has 2 atom stereocenters. The number of ether oxygens (including phenoxy) is 1. The molecule has 1 heterocycles. The number of primary amides is 1. The van der Waals surface area contributed by atoms with Crippen LogP contribution in [-0.2, 0) is 14.3 Å². The molecule has 0 aromatic carbocycles. The maximum absolute atomic E-state index is 11.6. The van der Waals surface area contributed by atoms with Gasteiger partial charge in [-0.1, -0.05) is 0 Å². The number of hydrogen-bond donors (Lipinski definition) is 2. The van der Waals surface area contributed by atoms with E-state index in [0.29, 0.717) is 13.0 Å². The zero-order chi connectivity index (χ0) is 11.6. The first-order chi connectivity index (χ1) is 6.82. The molecule has 1 rings (SSSR count). The zero-order valence-electron chi connectivity index (χ0n) is 9.37. The molecule has 0 bridgehead atoms. The minimum absolute atomic E-state index is 0.326. The van der Waals surface area contributed by atoms with Crippen molar-refractivity contribution in [3.05, 3.63) is 0 Å². The lowest BCUT2D eigenvalue weighted by molar-refractivity contribution is -0.162. The Kier molecular flexibility index (Phi) is 3.34. The maximum Gasteiger partial charge on any atom is 0.312 e. The van der Waals surface area contributed by atoms with Gasteiger partial charge in [0.05, 0.1) is 11.3 Å². The third kappa shape index (κ3) is 2.92. The van der Waals surface area contributed by atoms with Gasteiger partial charge in [0.15, 0.2) is 6.23 Å². The van der Waals surface area contributed by atoms with E-state index in [9.17, 15) is 9.59 Å². The van der Waals surface area contributed by atoms with Crippen molar-refractivity contribution in [2.24, 2.45) is 17.1 Å². The number of carbonyl (C=O) groups is 2. The van der Waals surface area contributed by atoms with Crippen LogP contribution in [0.25, 0.3) is 0 Å². The van der Waals surface area contributed by atoms with Gasteiger partial charge in [0, 0.05) is 0 Å². The number of hydrogen-bond acceptors (Lipinski definition) is 4. The topological polar surface area (TPSA) is 81.4 Å². The highest BCUT2D eigenvalue weighted by Crippen LogP contribution is 2.21. The Hall–Kier alpha value is -1.10. The van der Waals surface area contributed by atoms with Crippen molar-refractivity contribution >= 4 is 11.9 Å². The second kappa shape index (κ2) is 4.18. The molecule has 0 aromatic rings. The maximum atomic E-state index is 11.6. The van der Waals surface area contributed by atoms with E-state index in [1.807, 2.05) is 0 Å². The average Bonchev–Trinajstić information content (AvgIpc) is 2.50. The summed E-state index contributed by atoms with van der Waals surface area (Å²) in [6, 6.07) is 0. The SMILES string of the molecule is CC(C)(C)C(=O)OC1NCC[C@@H]1C(N)=O. The molecule has 1 saturated heterocycles. The van der Waals surface area contributed by atoms with Crippen LogP contribution in [0.2, 0.25) is 0 Å². The summed E-state index contributed by atoms with van der Waals surface area (Å²) in [6.07, 6.45) is 0.0615. The second-order valence-electron chi connectivity index (χ2n) is 4.83. The summed E-state index contributed by atoms with van der Waals surface area (Å²) < 4.78 is 5.20. The molecule has 5 nitrogen and oxygen atoms in total. The van der Waals surface area contributed by atoms with Crippen molar-refractivity contribution < 1.29 is 14.3 Å². The molecule has 0 aromatic heterocycles. The van der Waals surface area contributed by atoms with Crippen LogP contribution >= 0.6 is 0 Å². The summed E-state index contributed by atoms with van der Waals surface area (Å²) in [4.78, 5) is 22.6. The van der Waals surface area contributed by atoms with E-state index in [1.165, 1.54) is 0 Å².